The number of carboxylic acid groups (broad SMARTS) is 1. The molecule has 0 saturated heterocycles. The molecule has 0 radical (unpaired) electrons. The van der Waals surface area contributed by atoms with Crippen LogP contribution < -0.4 is 5.32 Å². The van der Waals surface area contributed by atoms with E-state index in [1.165, 1.54) is 0 Å². The van der Waals surface area contributed by atoms with Gasteiger partial charge in [-0.3, -0.25) is 4.79 Å². The molecule has 0 aliphatic heterocycles. The summed E-state index contributed by atoms with van der Waals surface area (Å²) >= 11 is 0. The number of benzene rings is 1. The maximum absolute atomic E-state index is 11.8. The maximum Gasteiger partial charge on any atom is 0.329 e. The molecule has 1 aromatic heterocycles. The number of aromatic nitrogens is 2. The molecule has 1 amide bonds. The topological polar surface area (TPSA) is 93.5 Å². The summed E-state index contributed by atoms with van der Waals surface area (Å²) in [5.41, 5.74) is 1.15. The lowest BCUT2D eigenvalue weighted by Crippen LogP contribution is -2.28. The number of aliphatic carboxylic acids is 1. The molecule has 0 fully saturated rings. The summed E-state index contributed by atoms with van der Waals surface area (Å²) in [4.78, 5) is 22.1. The number of carbonyl (C=O) groups is 2. The van der Waals surface area contributed by atoms with Crippen LogP contribution in [0.15, 0.2) is 42.6 Å². The van der Waals surface area contributed by atoms with E-state index in [-0.39, 0.29) is 31.4 Å². The highest BCUT2D eigenvalue weighted by Gasteiger charge is 2.09. The molecule has 1 heterocycles. The second kappa shape index (κ2) is 7.20. The molecular formula is C14H15N3O4. The van der Waals surface area contributed by atoms with Crippen molar-refractivity contribution < 1.29 is 19.4 Å². The Morgan fingerprint density at radius 2 is 2.00 bits per heavy atom. The van der Waals surface area contributed by atoms with E-state index in [1.54, 1.807) is 16.9 Å². The Morgan fingerprint density at radius 1 is 1.24 bits per heavy atom. The lowest BCUT2D eigenvalue weighted by Gasteiger charge is -2.03. The van der Waals surface area contributed by atoms with Gasteiger partial charge in [-0.15, -0.1) is 0 Å². The maximum atomic E-state index is 11.8. The number of hydrogen-bond donors (Lipinski definition) is 2. The minimum Gasteiger partial charge on any atom is -0.480 e. The summed E-state index contributed by atoms with van der Waals surface area (Å²) in [6.45, 7) is -0.0136. The highest BCUT2D eigenvalue weighted by atomic mass is 16.5. The van der Waals surface area contributed by atoms with Crippen LogP contribution in [0.2, 0.25) is 0 Å². The predicted molar refractivity (Wildman–Crippen MR) is 74.4 cm³/mol. The Bertz CT molecular complexity index is 610. The minimum atomic E-state index is -1.04. The van der Waals surface area contributed by atoms with Gasteiger partial charge in [0.25, 0.3) is 5.91 Å². The van der Waals surface area contributed by atoms with Gasteiger partial charge in [-0.25, -0.2) is 9.48 Å². The SMILES string of the molecule is O=C(O)COCCNC(=O)c1ccn(-c2ccccc2)n1. The van der Waals surface area contributed by atoms with Crippen molar-refractivity contribution in [2.24, 2.45) is 0 Å². The zero-order chi connectivity index (χ0) is 15.1. The second-order valence-corrected chi connectivity index (χ2v) is 4.18. The molecule has 0 bridgehead atoms. The summed E-state index contributed by atoms with van der Waals surface area (Å²) in [5, 5.41) is 15.2. The van der Waals surface area contributed by atoms with Gasteiger partial charge in [0, 0.05) is 12.7 Å². The number of carbonyl (C=O) groups excluding carboxylic acids is 1. The molecule has 0 spiro atoms. The molecule has 21 heavy (non-hydrogen) atoms. The summed E-state index contributed by atoms with van der Waals surface area (Å²) in [6, 6.07) is 11.0. The van der Waals surface area contributed by atoms with E-state index in [9.17, 15) is 9.59 Å². The van der Waals surface area contributed by atoms with Gasteiger partial charge in [0.1, 0.15) is 6.61 Å². The molecular weight excluding hydrogens is 274 g/mol. The molecule has 0 aliphatic carbocycles. The summed E-state index contributed by atoms with van der Waals surface area (Å²) in [7, 11) is 0. The number of nitrogens with zero attached hydrogens (tertiary/aromatic N) is 2. The monoisotopic (exact) mass is 289 g/mol. The van der Waals surface area contributed by atoms with Crippen LogP contribution in [0.25, 0.3) is 5.69 Å². The van der Waals surface area contributed by atoms with Crippen LogP contribution in [0, 0.1) is 0 Å². The number of amides is 1. The minimum absolute atomic E-state index is 0.136. The Morgan fingerprint density at radius 3 is 2.71 bits per heavy atom. The van der Waals surface area contributed by atoms with Gasteiger partial charge in [-0.05, 0) is 18.2 Å². The van der Waals surface area contributed by atoms with Crippen LogP contribution in [0.4, 0.5) is 0 Å². The van der Waals surface area contributed by atoms with Gasteiger partial charge < -0.3 is 15.2 Å². The highest BCUT2D eigenvalue weighted by Crippen LogP contribution is 2.06. The van der Waals surface area contributed by atoms with E-state index in [2.05, 4.69) is 10.4 Å². The van der Waals surface area contributed by atoms with E-state index >= 15 is 0 Å². The standard InChI is InChI=1S/C14H15N3O4/c18-13(19)10-21-9-7-15-14(20)12-6-8-17(16-12)11-4-2-1-3-5-11/h1-6,8H,7,9-10H2,(H,15,20)(H,18,19). The predicted octanol–water partition coefficient (Wildman–Crippen LogP) is 0.703. The number of carboxylic acids is 1. The van der Waals surface area contributed by atoms with E-state index in [0.29, 0.717) is 0 Å². The van der Waals surface area contributed by atoms with Crippen molar-refractivity contribution in [3.8, 4) is 5.69 Å². The molecule has 0 atom stereocenters. The van der Waals surface area contributed by atoms with Crippen LogP contribution in [0.3, 0.4) is 0 Å². The first-order chi connectivity index (χ1) is 10.2. The number of nitrogens with one attached hydrogen (secondary N) is 1. The van der Waals surface area contributed by atoms with Crippen molar-refractivity contribution in [2.75, 3.05) is 19.8 Å². The zero-order valence-electron chi connectivity index (χ0n) is 11.2. The van der Waals surface area contributed by atoms with Gasteiger partial charge in [-0.2, -0.15) is 5.10 Å². The Balaban J connectivity index is 1.84. The Hall–Kier alpha value is -2.67. The molecule has 2 aromatic rings. The molecule has 2 N–H and O–H groups in total. The number of ether oxygens (including phenoxy) is 1. The van der Waals surface area contributed by atoms with Crippen molar-refractivity contribution in [1.82, 2.24) is 15.1 Å². The zero-order valence-corrected chi connectivity index (χ0v) is 11.2. The van der Waals surface area contributed by atoms with Crippen molar-refractivity contribution >= 4 is 11.9 Å². The molecule has 2 rings (SSSR count). The van der Waals surface area contributed by atoms with Crippen LogP contribution in [0.5, 0.6) is 0 Å². The first kappa shape index (κ1) is 14.7. The molecule has 110 valence electrons. The van der Waals surface area contributed by atoms with E-state index in [0.717, 1.165) is 5.69 Å². The molecule has 7 heteroatoms. The number of rotatable bonds is 7. The molecule has 0 aliphatic rings. The van der Waals surface area contributed by atoms with Gasteiger partial charge >= 0.3 is 5.97 Å². The Kier molecular flexibility index (Phi) is 5.05. The molecule has 7 nitrogen and oxygen atoms in total. The summed E-state index contributed by atoms with van der Waals surface area (Å²) in [6.07, 6.45) is 1.70. The lowest BCUT2D eigenvalue weighted by atomic mass is 10.3. The van der Waals surface area contributed by atoms with Gasteiger partial charge in [-0.1, -0.05) is 18.2 Å². The first-order valence-electron chi connectivity index (χ1n) is 6.35. The average Bonchev–Trinajstić information content (AvgIpc) is 2.97. The molecule has 1 aromatic carbocycles. The van der Waals surface area contributed by atoms with Crippen LogP contribution in [-0.2, 0) is 9.53 Å². The fourth-order valence-corrected chi connectivity index (χ4v) is 1.66. The lowest BCUT2D eigenvalue weighted by molar-refractivity contribution is -0.142. The van der Waals surface area contributed by atoms with Gasteiger partial charge in [0.2, 0.25) is 0 Å². The Labute approximate surface area is 121 Å². The molecule has 0 unspecified atom stereocenters. The third-order valence-electron chi connectivity index (χ3n) is 2.60. The summed E-state index contributed by atoms with van der Waals surface area (Å²) in [5.74, 6) is -1.37. The summed E-state index contributed by atoms with van der Waals surface area (Å²) < 4.78 is 6.42. The van der Waals surface area contributed by atoms with E-state index in [4.69, 9.17) is 9.84 Å². The second-order valence-electron chi connectivity index (χ2n) is 4.18. The van der Waals surface area contributed by atoms with Crippen LogP contribution >= 0.6 is 0 Å². The fraction of sp³-hybridized carbons (Fsp3) is 0.214. The largest absolute Gasteiger partial charge is 0.480 e. The highest BCUT2D eigenvalue weighted by molar-refractivity contribution is 5.92. The first-order valence-corrected chi connectivity index (χ1v) is 6.35. The van der Waals surface area contributed by atoms with Crippen LogP contribution in [-0.4, -0.2) is 46.5 Å². The van der Waals surface area contributed by atoms with Crippen molar-refractivity contribution in [2.45, 2.75) is 0 Å². The van der Waals surface area contributed by atoms with E-state index < -0.39 is 5.97 Å². The third-order valence-corrected chi connectivity index (χ3v) is 2.60. The van der Waals surface area contributed by atoms with E-state index in [1.807, 2.05) is 30.3 Å². The average molecular weight is 289 g/mol. The molecule has 0 saturated carbocycles. The van der Waals surface area contributed by atoms with Crippen molar-refractivity contribution in [3.05, 3.63) is 48.3 Å². The third kappa shape index (κ3) is 4.43. The normalized spacial score (nSPS) is 10.3. The van der Waals surface area contributed by atoms with Crippen LogP contribution in [0.1, 0.15) is 10.5 Å². The van der Waals surface area contributed by atoms with Gasteiger partial charge in [0.05, 0.1) is 12.3 Å². The van der Waals surface area contributed by atoms with Gasteiger partial charge in [0.15, 0.2) is 5.69 Å². The number of para-hydroxylation sites is 1. The quantitative estimate of drug-likeness (QED) is 0.732. The van der Waals surface area contributed by atoms with Crippen molar-refractivity contribution in [1.29, 1.82) is 0 Å². The smallest absolute Gasteiger partial charge is 0.329 e. The number of hydrogen-bond acceptors (Lipinski definition) is 4. The van der Waals surface area contributed by atoms with Crippen molar-refractivity contribution in [3.63, 3.8) is 0 Å². The fourth-order valence-electron chi connectivity index (χ4n) is 1.66.